The van der Waals surface area contributed by atoms with E-state index in [9.17, 15) is 18.5 Å². The third-order valence-electron chi connectivity index (χ3n) is 5.09. The van der Waals surface area contributed by atoms with E-state index < -0.39 is 14.9 Å². The molecule has 154 valence electrons. The van der Waals surface area contributed by atoms with Gasteiger partial charge in [-0.15, -0.1) is 6.42 Å². The van der Waals surface area contributed by atoms with E-state index in [4.69, 9.17) is 6.42 Å². The summed E-state index contributed by atoms with van der Waals surface area (Å²) in [5.41, 5.74) is 0.365. The number of terminal acetylenes is 1. The summed E-state index contributed by atoms with van der Waals surface area (Å²) >= 11 is 0. The van der Waals surface area contributed by atoms with Crippen molar-refractivity contribution in [1.82, 2.24) is 4.31 Å². The van der Waals surface area contributed by atoms with Crippen LogP contribution in [0.3, 0.4) is 0 Å². The van der Waals surface area contributed by atoms with Gasteiger partial charge in [0.1, 0.15) is 4.90 Å². The van der Waals surface area contributed by atoms with Crippen molar-refractivity contribution in [2.24, 2.45) is 5.92 Å². The molecule has 0 aromatic heterocycles. The Morgan fingerprint density at radius 3 is 2.29 bits per heavy atom. The molecule has 0 amide bonds. The van der Waals surface area contributed by atoms with Gasteiger partial charge in [-0.3, -0.25) is 10.1 Å². The Morgan fingerprint density at radius 2 is 1.82 bits per heavy atom. The van der Waals surface area contributed by atoms with Crippen LogP contribution in [-0.4, -0.2) is 43.8 Å². The lowest BCUT2D eigenvalue weighted by atomic mass is 10.0. The molecule has 28 heavy (non-hydrogen) atoms. The van der Waals surface area contributed by atoms with Gasteiger partial charge in [-0.2, -0.15) is 4.31 Å². The van der Waals surface area contributed by atoms with Gasteiger partial charge in [0.05, 0.1) is 16.2 Å². The second-order valence-corrected chi connectivity index (χ2v) is 9.22. The normalized spacial score (nSPS) is 15.9. The van der Waals surface area contributed by atoms with Gasteiger partial charge in [-0.25, -0.2) is 8.42 Å². The van der Waals surface area contributed by atoms with Crippen molar-refractivity contribution >= 4 is 21.4 Å². The lowest BCUT2D eigenvalue weighted by Crippen LogP contribution is -2.39. The molecule has 1 aromatic rings. The molecule has 1 aliphatic rings. The number of nitro groups is 1. The molecule has 0 unspecified atom stereocenters. The minimum Gasteiger partial charge on any atom is -0.369 e. The number of nitro benzene ring substituents is 1. The van der Waals surface area contributed by atoms with Gasteiger partial charge in [-0.05, 0) is 31.6 Å². The number of piperidine rings is 1. The van der Waals surface area contributed by atoms with E-state index in [0.717, 1.165) is 25.7 Å². The van der Waals surface area contributed by atoms with Crippen LogP contribution >= 0.6 is 0 Å². The number of hydrogen-bond donors (Lipinski definition) is 0. The van der Waals surface area contributed by atoms with Gasteiger partial charge < -0.3 is 4.90 Å². The summed E-state index contributed by atoms with van der Waals surface area (Å²) in [6.07, 6.45) is 8.82. The zero-order valence-corrected chi connectivity index (χ0v) is 17.7. The summed E-state index contributed by atoms with van der Waals surface area (Å²) in [6, 6.07) is 2.47. The fraction of sp³-hybridized carbons (Fsp3) is 0.600. The predicted octanol–water partition coefficient (Wildman–Crippen LogP) is 3.62. The zero-order chi connectivity index (χ0) is 20.9. The average Bonchev–Trinajstić information content (AvgIpc) is 2.67. The maximum atomic E-state index is 13.5. The molecular weight excluding hydrogens is 378 g/mol. The van der Waals surface area contributed by atoms with Gasteiger partial charge in [0, 0.05) is 38.3 Å². The largest absolute Gasteiger partial charge is 0.369 e. The van der Waals surface area contributed by atoms with E-state index in [1.807, 2.05) is 18.7 Å². The van der Waals surface area contributed by atoms with Crippen LogP contribution in [0.25, 0.3) is 0 Å². The van der Waals surface area contributed by atoms with Gasteiger partial charge in [0.15, 0.2) is 0 Å². The highest BCUT2D eigenvalue weighted by Gasteiger charge is 2.34. The Hall–Kier alpha value is -2.11. The molecule has 1 saturated heterocycles. The lowest BCUT2D eigenvalue weighted by Gasteiger charge is -2.32. The fourth-order valence-corrected chi connectivity index (χ4v) is 5.29. The van der Waals surface area contributed by atoms with Crippen molar-refractivity contribution < 1.29 is 13.3 Å². The van der Waals surface area contributed by atoms with Gasteiger partial charge >= 0.3 is 0 Å². The quantitative estimate of drug-likeness (QED) is 0.373. The van der Waals surface area contributed by atoms with Crippen molar-refractivity contribution in [2.45, 2.75) is 51.3 Å². The van der Waals surface area contributed by atoms with Crippen LogP contribution in [0.4, 0.5) is 11.4 Å². The van der Waals surface area contributed by atoms with Crippen LogP contribution < -0.4 is 4.90 Å². The second-order valence-electron chi connectivity index (χ2n) is 7.32. The summed E-state index contributed by atoms with van der Waals surface area (Å²) < 4.78 is 28.4. The molecule has 0 aliphatic carbocycles. The van der Waals surface area contributed by atoms with E-state index in [2.05, 4.69) is 12.8 Å². The van der Waals surface area contributed by atoms with Crippen LogP contribution in [0.15, 0.2) is 17.0 Å². The lowest BCUT2D eigenvalue weighted by molar-refractivity contribution is -0.385. The van der Waals surface area contributed by atoms with Gasteiger partial charge in [0.2, 0.25) is 10.0 Å². The predicted molar refractivity (Wildman–Crippen MR) is 111 cm³/mol. The average molecular weight is 408 g/mol. The van der Waals surface area contributed by atoms with Crippen LogP contribution in [0.5, 0.6) is 0 Å². The highest BCUT2D eigenvalue weighted by Crippen LogP contribution is 2.36. The molecule has 1 aromatic carbocycles. The number of hydrogen-bond acceptors (Lipinski definition) is 5. The molecule has 2 rings (SSSR count). The first-order valence-electron chi connectivity index (χ1n) is 9.80. The van der Waals surface area contributed by atoms with E-state index in [1.54, 1.807) is 0 Å². The Bertz CT molecular complexity index is 847. The van der Waals surface area contributed by atoms with Crippen LogP contribution in [0.2, 0.25) is 0 Å². The second kappa shape index (κ2) is 9.39. The number of sulfonamides is 1. The maximum absolute atomic E-state index is 13.5. The molecule has 8 heteroatoms. The van der Waals surface area contributed by atoms with Crippen molar-refractivity contribution in [3.8, 4) is 12.3 Å². The molecule has 7 nitrogen and oxygen atoms in total. The maximum Gasteiger partial charge on any atom is 0.272 e. The highest BCUT2D eigenvalue weighted by atomic mass is 32.2. The van der Waals surface area contributed by atoms with E-state index in [1.165, 1.54) is 16.4 Å². The number of anilines is 1. The molecular formula is C20H29N3O4S. The minimum atomic E-state index is -3.89. The standard InChI is InChI=1S/C20H29N3O4S/c1-5-10-21(11-6-2)20-17(7-3)14-18(23(24)25)15-19(20)28(26,27)22-12-8-16(4)9-13-22/h3,14-16H,5-6,8-13H2,1-2,4H3. The first-order chi connectivity index (χ1) is 13.3. The number of benzene rings is 1. The van der Waals surface area contributed by atoms with E-state index >= 15 is 0 Å². The zero-order valence-electron chi connectivity index (χ0n) is 16.8. The van der Waals surface area contributed by atoms with Crippen molar-refractivity contribution in [2.75, 3.05) is 31.1 Å². The monoisotopic (exact) mass is 407 g/mol. The van der Waals surface area contributed by atoms with Crippen LogP contribution in [0.1, 0.15) is 52.0 Å². The number of rotatable bonds is 8. The summed E-state index contributed by atoms with van der Waals surface area (Å²) in [5, 5.41) is 11.4. The molecule has 0 N–H and O–H groups in total. The first kappa shape index (κ1) is 22.2. The summed E-state index contributed by atoms with van der Waals surface area (Å²) in [7, 11) is -3.89. The van der Waals surface area contributed by atoms with Crippen LogP contribution in [-0.2, 0) is 10.0 Å². The van der Waals surface area contributed by atoms with Crippen molar-refractivity contribution in [3.05, 3.63) is 27.8 Å². The summed E-state index contributed by atoms with van der Waals surface area (Å²) in [4.78, 5) is 12.7. The smallest absolute Gasteiger partial charge is 0.272 e. The Balaban J connectivity index is 2.69. The Labute approximate surface area is 167 Å². The molecule has 1 fully saturated rings. The van der Waals surface area contributed by atoms with Crippen molar-refractivity contribution in [3.63, 3.8) is 0 Å². The molecule has 1 aliphatic heterocycles. The molecule has 0 bridgehead atoms. The molecule has 1 heterocycles. The summed E-state index contributed by atoms with van der Waals surface area (Å²) in [6.45, 7) is 8.19. The molecule has 0 radical (unpaired) electrons. The topological polar surface area (TPSA) is 83.8 Å². The van der Waals surface area contributed by atoms with Gasteiger partial charge in [-0.1, -0.05) is 26.7 Å². The third-order valence-corrected chi connectivity index (χ3v) is 7.00. The number of nitrogens with zero attached hydrogens (tertiary/aromatic N) is 3. The Morgan fingerprint density at radius 1 is 1.25 bits per heavy atom. The first-order valence-corrected chi connectivity index (χ1v) is 11.2. The van der Waals surface area contributed by atoms with Crippen molar-refractivity contribution in [1.29, 1.82) is 0 Å². The van der Waals surface area contributed by atoms with E-state index in [-0.39, 0.29) is 16.1 Å². The highest BCUT2D eigenvalue weighted by molar-refractivity contribution is 7.89. The van der Waals surface area contributed by atoms with Gasteiger partial charge in [0.25, 0.3) is 5.69 Å². The Kier molecular flexibility index (Phi) is 7.44. The minimum absolute atomic E-state index is 0.0499. The summed E-state index contributed by atoms with van der Waals surface area (Å²) in [5.74, 6) is 2.95. The SMILES string of the molecule is C#Cc1cc([N+](=O)[O-])cc(S(=O)(=O)N2CCC(C)CC2)c1N(CCC)CCC. The molecule has 0 spiro atoms. The molecule has 0 saturated carbocycles. The van der Waals surface area contributed by atoms with E-state index in [0.29, 0.717) is 37.8 Å². The van der Waals surface area contributed by atoms with Crippen LogP contribution in [0, 0.1) is 28.4 Å². The molecule has 0 atom stereocenters. The fourth-order valence-electron chi connectivity index (χ4n) is 3.57. The third kappa shape index (κ3) is 4.65. The number of non-ortho nitro benzene ring substituents is 1.